The van der Waals surface area contributed by atoms with Crippen LogP contribution in [0.2, 0.25) is 0 Å². The van der Waals surface area contributed by atoms with E-state index in [1.54, 1.807) is 0 Å². The van der Waals surface area contributed by atoms with Gasteiger partial charge in [0.1, 0.15) is 0 Å². The van der Waals surface area contributed by atoms with Crippen molar-refractivity contribution in [3.05, 3.63) is 29.8 Å². The predicted molar refractivity (Wildman–Crippen MR) is 110 cm³/mol. The molecule has 4 nitrogen and oxygen atoms in total. The van der Waals surface area contributed by atoms with Gasteiger partial charge >= 0.3 is 5.97 Å². The highest BCUT2D eigenvalue weighted by Crippen LogP contribution is 2.61. The van der Waals surface area contributed by atoms with Crippen LogP contribution in [0.1, 0.15) is 71.3 Å². The smallest absolute Gasteiger partial charge is 0.306 e. The fraction of sp³-hybridized carbons (Fsp3) is 0.667. The number of esters is 1. The lowest BCUT2D eigenvalue weighted by Crippen LogP contribution is -2.47. The molecule has 1 aromatic carbocycles. The fourth-order valence-corrected chi connectivity index (χ4v) is 6.26. The third kappa shape index (κ3) is 4.26. The number of ether oxygens (including phenoxy) is 1. The average molecular weight is 384 g/mol. The van der Waals surface area contributed by atoms with Gasteiger partial charge in [-0.15, -0.1) is 0 Å². The second kappa shape index (κ2) is 7.20. The van der Waals surface area contributed by atoms with E-state index in [2.05, 4.69) is 26.1 Å². The van der Waals surface area contributed by atoms with Gasteiger partial charge in [0.25, 0.3) is 5.91 Å². The van der Waals surface area contributed by atoms with Crippen LogP contribution >= 0.6 is 0 Å². The molecule has 152 valence electrons. The molecule has 1 aromatic rings. The molecule has 4 aliphatic carbocycles. The van der Waals surface area contributed by atoms with E-state index in [1.165, 1.54) is 44.1 Å². The molecule has 4 aliphatic rings. The summed E-state index contributed by atoms with van der Waals surface area (Å²) >= 11 is 0. The summed E-state index contributed by atoms with van der Waals surface area (Å²) in [5.74, 6) is 1.97. The van der Waals surface area contributed by atoms with E-state index in [0.29, 0.717) is 6.42 Å². The van der Waals surface area contributed by atoms with Crippen molar-refractivity contribution < 1.29 is 14.3 Å². The zero-order chi connectivity index (χ0) is 19.9. The van der Waals surface area contributed by atoms with E-state index >= 15 is 0 Å². The van der Waals surface area contributed by atoms with Crippen molar-refractivity contribution in [3.8, 4) is 0 Å². The average Bonchev–Trinajstić information content (AvgIpc) is 2.58. The Kier molecular flexibility index (Phi) is 5.01. The van der Waals surface area contributed by atoms with Crippen molar-refractivity contribution in [2.45, 2.75) is 71.1 Å². The third-order valence-electron chi connectivity index (χ3n) is 7.08. The van der Waals surface area contributed by atoms with Crippen molar-refractivity contribution in [3.63, 3.8) is 0 Å². The first kappa shape index (κ1) is 19.5. The van der Waals surface area contributed by atoms with Crippen molar-refractivity contribution >= 4 is 17.6 Å². The molecule has 5 rings (SSSR count). The first-order valence-electron chi connectivity index (χ1n) is 10.8. The Hall–Kier alpha value is -1.84. The van der Waals surface area contributed by atoms with Gasteiger partial charge in [-0.25, -0.2) is 0 Å². The van der Waals surface area contributed by atoms with E-state index in [-0.39, 0.29) is 29.3 Å². The maximum atomic E-state index is 12.4. The maximum absolute atomic E-state index is 12.4. The van der Waals surface area contributed by atoms with E-state index in [1.807, 2.05) is 24.3 Å². The molecule has 4 fully saturated rings. The lowest BCUT2D eigenvalue weighted by Gasteiger charge is -2.56. The standard InChI is InChI=1S/C24H33NO3/c1-23(2,3)19-4-6-20(7-5-19)25-21(26)15-28-22(27)14-24-11-16-8-17(12-24)10-18(9-16)13-24/h4-7,16-18H,8-15H2,1-3H3,(H,25,26). The van der Waals surface area contributed by atoms with Gasteiger partial charge in [0.2, 0.25) is 0 Å². The van der Waals surface area contributed by atoms with E-state index in [9.17, 15) is 9.59 Å². The molecule has 0 atom stereocenters. The lowest BCUT2D eigenvalue weighted by atomic mass is 9.49. The number of carbonyl (C=O) groups excluding carboxylic acids is 2. The Bertz CT molecular complexity index is 709. The molecule has 0 aromatic heterocycles. The molecule has 1 amide bonds. The van der Waals surface area contributed by atoms with E-state index in [4.69, 9.17) is 4.74 Å². The number of rotatable bonds is 5. The quantitative estimate of drug-likeness (QED) is 0.722. The first-order chi connectivity index (χ1) is 13.2. The SMILES string of the molecule is CC(C)(C)c1ccc(NC(=O)COC(=O)CC23CC4CC(CC(C4)C2)C3)cc1. The van der Waals surface area contributed by atoms with Crippen LogP contribution in [0.3, 0.4) is 0 Å². The van der Waals surface area contributed by atoms with E-state index in [0.717, 1.165) is 23.4 Å². The lowest BCUT2D eigenvalue weighted by molar-refractivity contribution is -0.154. The summed E-state index contributed by atoms with van der Waals surface area (Å²) in [6.07, 6.45) is 8.13. The highest BCUT2D eigenvalue weighted by atomic mass is 16.5. The van der Waals surface area contributed by atoms with Gasteiger partial charge in [0.05, 0.1) is 6.42 Å². The molecule has 4 saturated carbocycles. The van der Waals surface area contributed by atoms with E-state index < -0.39 is 0 Å². The third-order valence-corrected chi connectivity index (χ3v) is 7.08. The number of nitrogens with one attached hydrogen (secondary N) is 1. The predicted octanol–water partition coefficient (Wildman–Crippen LogP) is 5.07. The van der Waals surface area contributed by atoms with Crippen LogP contribution in [0.4, 0.5) is 5.69 Å². The summed E-state index contributed by atoms with van der Waals surface area (Å²) in [5.41, 5.74) is 2.18. The van der Waals surface area contributed by atoms with Gasteiger partial charge in [-0.05, 0) is 84.8 Å². The normalized spacial score (nSPS) is 30.9. The van der Waals surface area contributed by atoms with Gasteiger partial charge in [-0.2, -0.15) is 0 Å². The van der Waals surface area contributed by atoms with Crippen molar-refractivity contribution in [2.24, 2.45) is 23.2 Å². The number of hydrogen-bond acceptors (Lipinski definition) is 3. The largest absolute Gasteiger partial charge is 0.456 e. The highest BCUT2D eigenvalue weighted by molar-refractivity contribution is 5.92. The Morgan fingerprint density at radius 2 is 1.54 bits per heavy atom. The van der Waals surface area contributed by atoms with Gasteiger partial charge in [0.15, 0.2) is 6.61 Å². The molecule has 0 unspecified atom stereocenters. The molecule has 28 heavy (non-hydrogen) atoms. The second-order valence-electron chi connectivity index (χ2n) is 10.6. The Labute approximate surface area is 168 Å². The Morgan fingerprint density at radius 1 is 1.00 bits per heavy atom. The van der Waals surface area contributed by atoms with Crippen molar-refractivity contribution in [1.29, 1.82) is 0 Å². The molecular formula is C24H33NO3. The summed E-state index contributed by atoms with van der Waals surface area (Å²) < 4.78 is 5.34. The molecule has 0 heterocycles. The zero-order valence-corrected chi connectivity index (χ0v) is 17.4. The molecular weight excluding hydrogens is 350 g/mol. The summed E-state index contributed by atoms with van der Waals surface area (Å²) in [5, 5.41) is 2.82. The Morgan fingerprint density at radius 3 is 2.04 bits per heavy atom. The van der Waals surface area contributed by atoms with Crippen LogP contribution in [0.5, 0.6) is 0 Å². The maximum Gasteiger partial charge on any atom is 0.306 e. The molecule has 0 radical (unpaired) electrons. The first-order valence-corrected chi connectivity index (χ1v) is 10.8. The summed E-state index contributed by atoms with van der Waals surface area (Å²) in [4.78, 5) is 24.6. The number of anilines is 1. The molecule has 0 aliphatic heterocycles. The minimum absolute atomic E-state index is 0.0787. The Balaban J connectivity index is 1.25. The number of amides is 1. The molecule has 0 saturated heterocycles. The molecule has 1 N–H and O–H groups in total. The van der Waals surface area contributed by atoms with Crippen LogP contribution in [0, 0.1) is 23.2 Å². The zero-order valence-electron chi connectivity index (χ0n) is 17.4. The van der Waals surface area contributed by atoms with Crippen molar-refractivity contribution in [2.75, 3.05) is 11.9 Å². The minimum Gasteiger partial charge on any atom is -0.456 e. The van der Waals surface area contributed by atoms with Gasteiger partial charge in [-0.1, -0.05) is 32.9 Å². The van der Waals surface area contributed by atoms with Crippen LogP contribution in [0.25, 0.3) is 0 Å². The molecule has 4 heteroatoms. The van der Waals surface area contributed by atoms with Crippen LogP contribution in [0.15, 0.2) is 24.3 Å². The fourth-order valence-electron chi connectivity index (χ4n) is 6.26. The van der Waals surface area contributed by atoms with Gasteiger partial charge < -0.3 is 10.1 Å². The van der Waals surface area contributed by atoms with Gasteiger partial charge in [0, 0.05) is 5.69 Å². The number of benzene rings is 1. The van der Waals surface area contributed by atoms with Crippen LogP contribution in [-0.4, -0.2) is 18.5 Å². The van der Waals surface area contributed by atoms with Crippen LogP contribution in [-0.2, 0) is 19.7 Å². The van der Waals surface area contributed by atoms with Crippen molar-refractivity contribution in [1.82, 2.24) is 0 Å². The topological polar surface area (TPSA) is 55.4 Å². The second-order valence-corrected chi connectivity index (χ2v) is 10.6. The number of hydrogen-bond donors (Lipinski definition) is 1. The number of carbonyl (C=O) groups is 2. The summed E-state index contributed by atoms with van der Waals surface area (Å²) in [6, 6.07) is 7.84. The summed E-state index contributed by atoms with van der Waals surface area (Å²) in [6.45, 7) is 6.27. The van der Waals surface area contributed by atoms with Gasteiger partial charge in [-0.3, -0.25) is 9.59 Å². The van der Waals surface area contributed by atoms with Crippen LogP contribution < -0.4 is 5.32 Å². The molecule has 0 spiro atoms. The highest BCUT2D eigenvalue weighted by Gasteiger charge is 2.51. The molecule has 4 bridgehead atoms. The monoisotopic (exact) mass is 383 g/mol. The minimum atomic E-state index is -0.276. The summed E-state index contributed by atoms with van der Waals surface area (Å²) in [7, 11) is 0.